The van der Waals surface area contributed by atoms with E-state index >= 15 is 0 Å². The van der Waals surface area contributed by atoms with E-state index in [1.165, 1.54) is 12.0 Å². The molecule has 0 aromatic heterocycles. The molecule has 0 bridgehead atoms. The van der Waals surface area contributed by atoms with Crippen molar-refractivity contribution in [2.45, 2.75) is 26.4 Å². The van der Waals surface area contributed by atoms with Gasteiger partial charge in [0, 0.05) is 20.2 Å². The summed E-state index contributed by atoms with van der Waals surface area (Å²) in [4.78, 5) is 24.1. The van der Waals surface area contributed by atoms with E-state index in [4.69, 9.17) is 15.1 Å². The van der Waals surface area contributed by atoms with E-state index in [9.17, 15) is 9.59 Å². The smallest absolute Gasteiger partial charge is 0.334 e. The van der Waals surface area contributed by atoms with Crippen LogP contribution in [0.15, 0.2) is 0 Å². The van der Waals surface area contributed by atoms with E-state index in [0.717, 1.165) is 0 Å². The van der Waals surface area contributed by atoms with Crippen molar-refractivity contribution in [3.8, 4) is 6.07 Å². The highest BCUT2D eigenvalue weighted by molar-refractivity contribution is 5.77. The lowest BCUT2D eigenvalue weighted by atomic mass is 10.2. The zero-order chi connectivity index (χ0) is 14.8. The number of nitrogens with zero attached hydrogens (tertiary/aromatic N) is 2. The van der Waals surface area contributed by atoms with Gasteiger partial charge in [0.2, 0.25) is 0 Å². The fourth-order valence-corrected chi connectivity index (χ4v) is 1.46. The number of carbonyl (C=O) groups excluding carboxylic acids is 1. The van der Waals surface area contributed by atoms with Crippen molar-refractivity contribution in [3.05, 3.63) is 0 Å². The van der Waals surface area contributed by atoms with Crippen LogP contribution < -0.4 is 5.32 Å². The van der Waals surface area contributed by atoms with Crippen molar-refractivity contribution in [3.63, 3.8) is 0 Å². The average molecular weight is 271 g/mol. The van der Waals surface area contributed by atoms with Gasteiger partial charge in [0.05, 0.1) is 19.0 Å². The second-order valence-electron chi connectivity index (χ2n) is 4.50. The van der Waals surface area contributed by atoms with Gasteiger partial charge in [0.1, 0.15) is 0 Å². The number of urea groups is 1. The van der Waals surface area contributed by atoms with Crippen LogP contribution in [0, 0.1) is 17.2 Å². The molecule has 0 saturated heterocycles. The number of carbonyl (C=O) groups is 2. The predicted molar refractivity (Wildman–Crippen MR) is 68.5 cm³/mol. The van der Waals surface area contributed by atoms with Crippen molar-refractivity contribution >= 4 is 12.0 Å². The number of rotatable bonds is 8. The van der Waals surface area contributed by atoms with Crippen molar-refractivity contribution in [2.75, 3.05) is 26.7 Å². The maximum absolute atomic E-state index is 11.9. The number of hydrogen-bond acceptors (Lipinski definition) is 4. The van der Waals surface area contributed by atoms with Gasteiger partial charge >= 0.3 is 12.0 Å². The summed E-state index contributed by atoms with van der Waals surface area (Å²) >= 11 is 0. The molecule has 7 heteroatoms. The molecule has 0 rings (SSSR count). The van der Waals surface area contributed by atoms with E-state index in [1.807, 2.05) is 19.9 Å². The number of hydrogen-bond donors (Lipinski definition) is 2. The molecule has 0 aliphatic rings. The fraction of sp³-hybridized carbons (Fsp3) is 0.750. The summed E-state index contributed by atoms with van der Waals surface area (Å²) in [5.41, 5.74) is 0. The van der Waals surface area contributed by atoms with Crippen LogP contribution in [0.5, 0.6) is 0 Å². The minimum atomic E-state index is -1.13. The van der Waals surface area contributed by atoms with Crippen LogP contribution in [0.25, 0.3) is 0 Å². The Morgan fingerprint density at radius 1 is 1.47 bits per heavy atom. The molecule has 0 heterocycles. The molecule has 19 heavy (non-hydrogen) atoms. The zero-order valence-corrected chi connectivity index (χ0v) is 11.5. The number of carboxylic acids is 1. The minimum absolute atomic E-state index is 0.105. The fourth-order valence-electron chi connectivity index (χ4n) is 1.46. The first-order valence-electron chi connectivity index (χ1n) is 6.07. The Morgan fingerprint density at radius 2 is 2.11 bits per heavy atom. The van der Waals surface area contributed by atoms with Crippen LogP contribution in [-0.4, -0.2) is 54.9 Å². The minimum Gasteiger partial charge on any atom is -0.479 e. The molecule has 0 fully saturated rings. The summed E-state index contributed by atoms with van der Waals surface area (Å²) in [6.45, 7) is 4.65. The molecular formula is C12H21N3O4. The van der Waals surface area contributed by atoms with Crippen LogP contribution in [-0.2, 0) is 9.53 Å². The van der Waals surface area contributed by atoms with Crippen molar-refractivity contribution in [1.29, 1.82) is 5.26 Å². The largest absolute Gasteiger partial charge is 0.479 e. The van der Waals surface area contributed by atoms with Crippen molar-refractivity contribution < 1.29 is 19.4 Å². The lowest BCUT2D eigenvalue weighted by molar-refractivity contribution is -0.148. The third-order valence-corrected chi connectivity index (χ3v) is 2.36. The van der Waals surface area contributed by atoms with Gasteiger partial charge in [-0.3, -0.25) is 0 Å². The Balaban J connectivity index is 4.38. The molecule has 0 aliphatic carbocycles. The predicted octanol–water partition coefficient (Wildman–Crippen LogP) is 0.667. The van der Waals surface area contributed by atoms with E-state index in [0.29, 0.717) is 13.1 Å². The Labute approximate surface area is 113 Å². The van der Waals surface area contributed by atoms with Gasteiger partial charge in [-0.05, 0) is 5.92 Å². The highest BCUT2D eigenvalue weighted by atomic mass is 16.5. The molecule has 1 atom stereocenters. The molecule has 0 aromatic carbocycles. The summed E-state index contributed by atoms with van der Waals surface area (Å²) in [5, 5.41) is 19.8. The maximum atomic E-state index is 11.9. The molecule has 0 radical (unpaired) electrons. The van der Waals surface area contributed by atoms with Crippen LogP contribution in [0.2, 0.25) is 0 Å². The first-order chi connectivity index (χ1) is 8.92. The molecule has 7 nitrogen and oxygen atoms in total. The number of nitrogens with one attached hydrogen (secondary N) is 1. The van der Waals surface area contributed by atoms with E-state index in [1.54, 1.807) is 0 Å². The number of carboxylic acid groups (broad SMARTS) is 1. The monoisotopic (exact) mass is 271 g/mol. The Morgan fingerprint density at radius 3 is 2.53 bits per heavy atom. The molecule has 108 valence electrons. The SMILES string of the molecule is COC(CNC(=O)N(CCC#N)CC(C)C)C(=O)O. The summed E-state index contributed by atoms with van der Waals surface area (Å²) in [7, 11) is 1.27. The lowest BCUT2D eigenvalue weighted by Gasteiger charge is -2.24. The normalized spacial score (nSPS) is 11.7. The maximum Gasteiger partial charge on any atom is 0.334 e. The van der Waals surface area contributed by atoms with Gasteiger partial charge in [-0.1, -0.05) is 13.8 Å². The Bertz CT molecular complexity index is 338. The summed E-state index contributed by atoms with van der Waals surface area (Å²) in [6, 6.07) is 1.60. The van der Waals surface area contributed by atoms with Crippen LogP contribution in [0.1, 0.15) is 20.3 Å². The number of aliphatic carboxylic acids is 1. The zero-order valence-electron chi connectivity index (χ0n) is 11.5. The van der Waals surface area contributed by atoms with Crippen LogP contribution >= 0.6 is 0 Å². The number of methoxy groups -OCH3 is 1. The number of ether oxygens (including phenoxy) is 1. The van der Waals surface area contributed by atoms with Crippen molar-refractivity contribution in [2.24, 2.45) is 5.92 Å². The number of nitriles is 1. The Kier molecular flexibility index (Phi) is 8.29. The second-order valence-corrected chi connectivity index (χ2v) is 4.50. The third kappa shape index (κ3) is 7.26. The lowest BCUT2D eigenvalue weighted by Crippen LogP contribution is -2.46. The molecule has 1 unspecified atom stereocenters. The van der Waals surface area contributed by atoms with Gasteiger partial charge in [0.25, 0.3) is 0 Å². The first kappa shape index (κ1) is 17.2. The average Bonchev–Trinajstić information content (AvgIpc) is 2.34. The second kappa shape index (κ2) is 9.16. The third-order valence-electron chi connectivity index (χ3n) is 2.36. The molecule has 2 amide bonds. The first-order valence-corrected chi connectivity index (χ1v) is 6.07. The topological polar surface area (TPSA) is 103 Å². The molecular weight excluding hydrogens is 250 g/mol. The van der Waals surface area contributed by atoms with Gasteiger partial charge in [-0.2, -0.15) is 5.26 Å². The van der Waals surface area contributed by atoms with E-state index in [-0.39, 0.29) is 24.9 Å². The van der Waals surface area contributed by atoms with Gasteiger partial charge in [-0.25, -0.2) is 9.59 Å². The summed E-state index contributed by atoms with van der Waals surface area (Å²) in [6.07, 6.45) is -0.826. The quantitative estimate of drug-likeness (QED) is 0.675. The number of amides is 2. The molecule has 0 saturated carbocycles. The van der Waals surface area contributed by atoms with E-state index in [2.05, 4.69) is 5.32 Å². The molecule has 0 aromatic rings. The summed E-state index contributed by atoms with van der Waals surface area (Å²) < 4.78 is 4.72. The van der Waals surface area contributed by atoms with Crippen molar-refractivity contribution in [1.82, 2.24) is 10.2 Å². The molecule has 0 spiro atoms. The van der Waals surface area contributed by atoms with Gasteiger partial charge in [0.15, 0.2) is 6.10 Å². The summed E-state index contributed by atoms with van der Waals surface area (Å²) in [5.74, 6) is -0.864. The van der Waals surface area contributed by atoms with Gasteiger partial charge in [-0.15, -0.1) is 0 Å². The highest BCUT2D eigenvalue weighted by Gasteiger charge is 2.20. The highest BCUT2D eigenvalue weighted by Crippen LogP contribution is 2.01. The van der Waals surface area contributed by atoms with Gasteiger partial charge < -0.3 is 20.1 Å². The standard InChI is InChI=1S/C12H21N3O4/c1-9(2)8-15(6-4-5-13)12(18)14-7-10(19-3)11(16)17/h9-10H,4,6-8H2,1-3H3,(H,14,18)(H,16,17). The Hall–Kier alpha value is -1.81. The van der Waals surface area contributed by atoms with E-state index < -0.39 is 12.1 Å². The molecule has 0 aliphatic heterocycles. The van der Waals surface area contributed by atoms with Crippen LogP contribution in [0.3, 0.4) is 0 Å². The molecule has 2 N–H and O–H groups in total. The van der Waals surface area contributed by atoms with Crippen LogP contribution in [0.4, 0.5) is 4.79 Å².